The molecular weight excluding hydrogens is 155 g/mol. The molecular formula is C5H11O4P. The third kappa shape index (κ3) is 1.25. The Hall–Kier alpha value is 0.110. The van der Waals surface area contributed by atoms with Crippen molar-refractivity contribution in [1.29, 1.82) is 0 Å². The lowest BCUT2D eigenvalue weighted by molar-refractivity contribution is 0.0978. The fourth-order valence-corrected chi connectivity index (χ4v) is 2.13. The van der Waals surface area contributed by atoms with Crippen LogP contribution in [0.5, 0.6) is 0 Å². The summed E-state index contributed by atoms with van der Waals surface area (Å²) in [6, 6.07) is 0. The van der Waals surface area contributed by atoms with Gasteiger partial charge in [0.15, 0.2) is 5.34 Å². The fraction of sp³-hybridized carbons (Fsp3) is 1.00. The van der Waals surface area contributed by atoms with Crippen molar-refractivity contribution in [1.82, 2.24) is 0 Å². The second-order valence-electron chi connectivity index (χ2n) is 2.73. The van der Waals surface area contributed by atoms with Crippen molar-refractivity contribution >= 4 is 7.60 Å². The first-order chi connectivity index (χ1) is 4.46. The second kappa shape index (κ2) is 2.31. The summed E-state index contributed by atoms with van der Waals surface area (Å²) < 4.78 is 10.6. The molecule has 5 heteroatoms. The molecule has 4 nitrogen and oxygen atoms in total. The summed E-state index contributed by atoms with van der Waals surface area (Å²) in [5.74, 6) is 0. The smallest absolute Gasteiger partial charge is 0.356 e. The Balaban J connectivity index is 2.78. The summed E-state index contributed by atoms with van der Waals surface area (Å²) >= 11 is 0. The zero-order chi connectivity index (χ0) is 7.83. The zero-order valence-electron chi connectivity index (χ0n) is 5.53. The highest BCUT2D eigenvalue weighted by atomic mass is 31.2. The van der Waals surface area contributed by atoms with E-state index in [4.69, 9.17) is 9.79 Å². The van der Waals surface area contributed by atoms with E-state index in [0.29, 0.717) is 12.8 Å². The molecule has 0 aliphatic heterocycles. The van der Waals surface area contributed by atoms with Gasteiger partial charge in [-0.05, 0) is 25.7 Å². The predicted molar refractivity (Wildman–Crippen MR) is 35.5 cm³/mol. The normalized spacial score (nSPS) is 25.1. The van der Waals surface area contributed by atoms with Gasteiger partial charge in [-0.15, -0.1) is 0 Å². The van der Waals surface area contributed by atoms with E-state index in [2.05, 4.69) is 0 Å². The van der Waals surface area contributed by atoms with E-state index in [1.165, 1.54) is 0 Å². The standard InChI is InChI=1S/C5H11O4P/c6-5(10(7,8)9)3-1-2-4-5/h6H,1-4H2,(H2,7,8,9). The van der Waals surface area contributed by atoms with Crippen LogP contribution in [0.4, 0.5) is 0 Å². The predicted octanol–water partition coefficient (Wildman–Crippen LogP) is 0.427. The lowest BCUT2D eigenvalue weighted by Gasteiger charge is -2.22. The summed E-state index contributed by atoms with van der Waals surface area (Å²) in [7, 11) is -4.27. The van der Waals surface area contributed by atoms with Gasteiger partial charge < -0.3 is 14.9 Å². The van der Waals surface area contributed by atoms with Gasteiger partial charge in [0.25, 0.3) is 0 Å². The molecule has 0 bridgehead atoms. The van der Waals surface area contributed by atoms with E-state index in [-0.39, 0.29) is 12.8 Å². The van der Waals surface area contributed by atoms with Gasteiger partial charge in [0, 0.05) is 0 Å². The van der Waals surface area contributed by atoms with Crippen molar-refractivity contribution in [3.05, 3.63) is 0 Å². The Kier molecular flexibility index (Phi) is 1.90. The van der Waals surface area contributed by atoms with Crippen LogP contribution in [-0.4, -0.2) is 20.2 Å². The van der Waals surface area contributed by atoms with Gasteiger partial charge in [-0.25, -0.2) is 0 Å². The molecule has 0 saturated heterocycles. The van der Waals surface area contributed by atoms with Crippen LogP contribution in [0.15, 0.2) is 0 Å². The van der Waals surface area contributed by atoms with E-state index in [1.54, 1.807) is 0 Å². The number of aliphatic hydroxyl groups is 1. The highest BCUT2D eigenvalue weighted by Gasteiger charge is 2.46. The van der Waals surface area contributed by atoms with Gasteiger partial charge in [-0.1, -0.05) is 0 Å². The minimum atomic E-state index is -4.27. The van der Waals surface area contributed by atoms with Crippen LogP contribution in [0.3, 0.4) is 0 Å². The summed E-state index contributed by atoms with van der Waals surface area (Å²) in [5.41, 5.74) is 0. The monoisotopic (exact) mass is 166 g/mol. The molecule has 0 unspecified atom stereocenters. The summed E-state index contributed by atoms with van der Waals surface area (Å²) in [4.78, 5) is 17.3. The van der Waals surface area contributed by atoms with Crippen LogP contribution in [0.25, 0.3) is 0 Å². The topological polar surface area (TPSA) is 77.8 Å². The SMILES string of the molecule is O=P(O)(O)C1(O)CCCC1. The minimum Gasteiger partial charge on any atom is -0.377 e. The number of hydrogen-bond donors (Lipinski definition) is 3. The molecule has 1 fully saturated rings. The Morgan fingerprint density at radius 3 is 1.80 bits per heavy atom. The number of hydrogen-bond acceptors (Lipinski definition) is 2. The van der Waals surface area contributed by atoms with Gasteiger partial charge in [-0.2, -0.15) is 0 Å². The van der Waals surface area contributed by atoms with Crippen molar-refractivity contribution in [2.45, 2.75) is 31.0 Å². The third-order valence-corrected chi connectivity index (χ3v) is 3.48. The Morgan fingerprint density at radius 2 is 1.60 bits per heavy atom. The molecule has 1 saturated carbocycles. The van der Waals surface area contributed by atoms with Crippen molar-refractivity contribution in [3.63, 3.8) is 0 Å². The lowest BCUT2D eigenvalue weighted by Crippen LogP contribution is -2.23. The summed E-state index contributed by atoms with van der Waals surface area (Å²) in [6.45, 7) is 0. The van der Waals surface area contributed by atoms with Crippen molar-refractivity contribution < 1.29 is 19.5 Å². The third-order valence-electron chi connectivity index (χ3n) is 1.95. The molecule has 1 aliphatic rings. The van der Waals surface area contributed by atoms with Crippen molar-refractivity contribution in [2.75, 3.05) is 0 Å². The van der Waals surface area contributed by atoms with Crippen molar-refractivity contribution in [2.24, 2.45) is 0 Å². The number of rotatable bonds is 1. The molecule has 10 heavy (non-hydrogen) atoms. The van der Waals surface area contributed by atoms with Crippen LogP contribution in [0, 0.1) is 0 Å². The Bertz CT molecular complexity index is 166. The van der Waals surface area contributed by atoms with Gasteiger partial charge in [0.1, 0.15) is 0 Å². The lowest BCUT2D eigenvalue weighted by atomic mass is 10.3. The molecule has 0 heterocycles. The Morgan fingerprint density at radius 1 is 1.20 bits per heavy atom. The molecule has 0 spiro atoms. The molecule has 3 N–H and O–H groups in total. The van der Waals surface area contributed by atoms with Gasteiger partial charge in [0.05, 0.1) is 0 Å². The first-order valence-electron chi connectivity index (χ1n) is 3.24. The van der Waals surface area contributed by atoms with Gasteiger partial charge in [-0.3, -0.25) is 4.57 Å². The first-order valence-corrected chi connectivity index (χ1v) is 4.85. The maximum absolute atomic E-state index is 10.6. The second-order valence-corrected chi connectivity index (χ2v) is 4.65. The molecule has 0 atom stereocenters. The largest absolute Gasteiger partial charge is 0.377 e. The fourth-order valence-electron chi connectivity index (χ4n) is 1.23. The maximum atomic E-state index is 10.6. The molecule has 0 radical (unpaired) electrons. The molecule has 1 aliphatic carbocycles. The average molecular weight is 166 g/mol. The van der Waals surface area contributed by atoms with E-state index < -0.39 is 12.9 Å². The molecule has 0 aromatic rings. The van der Waals surface area contributed by atoms with Crippen LogP contribution >= 0.6 is 7.60 Å². The summed E-state index contributed by atoms with van der Waals surface area (Å²) in [5, 5.41) is 7.56. The van der Waals surface area contributed by atoms with Crippen LogP contribution < -0.4 is 0 Å². The van der Waals surface area contributed by atoms with E-state index in [1.807, 2.05) is 0 Å². The zero-order valence-corrected chi connectivity index (χ0v) is 6.42. The average Bonchev–Trinajstić information content (AvgIpc) is 2.13. The molecule has 60 valence electrons. The van der Waals surface area contributed by atoms with Crippen LogP contribution in [0.2, 0.25) is 0 Å². The molecule has 1 rings (SSSR count). The van der Waals surface area contributed by atoms with Crippen LogP contribution in [0.1, 0.15) is 25.7 Å². The minimum absolute atomic E-state index is 0.233. The van der Waals surface area contributed by atoms with E-state index in [9.17, 15) is 9.67 Å². The maximum Gasteiger partial charge on any atom is 0.356 e. The van der Waals surface area contributed by atoms with E-state index in [0.717, 1.165) is 0 Å². The molecule has 0 amide bonds. The van der Waals surface area contributed by atoms with Gasteiger partial charge >= 0.3 is 7.60 Å². The van der Waals surface area contributed by atoms with Crippen molar-refractivity contribution in [3.8, 4) is 0 Å². The Labute approximate surface area is 59.0 Å². The molecule has 0 aromatic carbocycles. The first kappa shape index (κ1) is 8.21. The highest BCUT2D eigenvalue weighted by Crippen LogP contribution is 2.56. The summed E-state index contributed by atoms with van der Waals surface area (Å²) in [6.07, 6.45) is 1.89. The molecule has 0 aromatic heterocycles. The highest BCUT2D eigenvalue weighted by molar-refractivity contribution is 7.53. The quantitative estimate of drug-likeness (QED) is 0.493. The van der Waals surface area contributed by atoms with E-state index >= 15 is 0 Å². The van der Waals surface area contributed by atoms with Crippen LogP contribution in [-0.2, 0) is 4.57 Å². The van der Waals surface area contributed by atoms with Gasteiger partial charge in [0.2, 0.25) is 0 Å².